The average Bonchev–Trinajstić information content (AvgIpc) is 3.77. The topological polar surface area (TPSA) is 55.0 Å². The summed E-state index contributed by atoms with van der Waals surface area (Å²) in [5, 5.41) is 9.68. The zero-order valence-electron chi connectivity index (χ0n) is 40.6. The lowest BCUT2D eigenvalue weighted by atomic mass is 9.92. The fourth-order valence-electron chi connectivity index (χ4n) is 9.47. The average molecular weight is 931 g/mol. The lowest BCUT2D eigenvalue weighted by Crippen LogP contribution is -2.20. The van der Waals surface area contributed by atoms with Crippen LogP contribution >= 0.6 is 10.0 Å². The number of anilines is 1. The molecule has 0 radical (unpaired) electrons. The molecule has 10 rings (SSSR count). The lowest BCUT2D eigenvalue weighted by Gasteiger charge is -2.37. The van der Waals surface area contributed by atoms with Crippen LogP contribution in [-0.2, 0) is 6.42 Å². The quantitative estimate of drug-likeness (QED) is 0.0752. The fourth-order valence-corrected chi connectivity index (χ4v) is 12.4. The second kappa shape index (κ2) is 22.1. The molecule has 5 heteroatoms. The van der Waals surface area contributed by atoms with Crippen molar-refractivity contribution >= 4 is 43.1 Å². The summed E-state index contributed by atoms with van der Waals surface area (Å²) in [6, 6.07) is 81.6. The van der Waals surface area contributed by atoms with E-state index in [0.717, 1.165) is 35.5 Å². The highest BCUT2D eigenvalue weighted by atomic mass is 32.3. The molecule has 0 bridgehead atoms. The van der Waals surface area contributed by atoms with Gasteiger partial charge >= 0.3 is 0 Å². The van der Waals surface area contributed by atoms with E-state index in [1.54, 1.807) is 6.20 Å². The van der Waals surface area contributed by atoms with Crippen molar-refractivity contribution in [3.8, 4) is 39.1 Å². The molecule has 0 amide bonds. The Morgan fingerprint density at radius 2 is 1.04 bits per heavy atom. The minimum atomic E-state index is -1.41. The number of nitrogens with two attached hydrogens (primary N) is 1. The second-order valence-electron chi connectivity index (χ2n) is 17.5. The van der Waals surface area contributed by atoms with E-state index in [1.165, 1.54) is 75.4 Å². The van der Waals surface area contributed by atoms with Gasteiger partial charge in [-0.25, -0.2) is 0 Å². The van der Waals surface area contributed by atoms with E-state index in [0.29, 0.717) is 6.54 Å². The Kier molecular flexibility index (Phi) is 14.9. The van der Waals surface area contributed by atoms with Gasteiger partial charge in [-0.1, -0.05) is 158 Å². The second-order valence-corrected chi connectivity index (χ2v) is 20.8. The van der Waals surface area contributed by atoms with Gasteiger partial charge in [0.05, 0.1) is 11.0 Å². The first kappa shape index (κ1) is 47.2. The zero-order valence-corrected chi connectivity index (χ0v) is 41.5. The molecule has 9 aromatic carbocycles. The van der Waals surface area contributed by atoms with Crippen LogP contribution in [0.25, 0.3) is 66.4 Å². The van der Waals surface area contributed by atoms with Gasteiger partial charge in [-0.2, -0.15) is 10.0 Å². The number of nitrogens with one attached hydrogen (secondary N) is 2. The van der Waals surface area contributed by atoms with E-state index in [-0.39, 0.29) is 0 Å². The SMILES string of the molecule is C/C=C\C.CNc1ccc(-c2ccc3c(c2)c2ccccc2n3-c2ccccc2)cc1-c1ccccc1CCNC/C(=C\N)c1ccc(-c2ccc(S(C)(c3ccccc3)c3ccccc3)cc2)cc1. The fraction of sp³-hybridized carbons (Fsp3) is 0.108. The number of hydrogen-bond acceptors (Lipinski definition) is 3. The van der Waals surface area contributed by atoms with Gasteiger partial charge in [0.15, 0.2) is 0 Å². The molecule has 0 aliphatic heterocycles. The summed E-state index contributed by atoms with van der Waals surface area (Å²) in [4.78, 5) is 4.06. The van der Waals surface area contributed by atoms with Crippen LogP contribution in [0, 0.1) is 0 Å². The van der Waals surface area contributed by atoms with E-state index in [4.69, 9.17) is 5.73 Å². The molecule has 348 valence electrons. The lowest BCUT2D eigenvalue weighted by molar-refractivity contribution is 0.751. The first-order valence-electron chi connectivity index (χ1n) is 24.2. The van der Waals surface area contributed by atoms with Crippen molar-refractivity contribution in [2.45, 2.75) is 35.0 Å². The Labute approximate surface area is 416 Å². The summed E-state index contributed by atoms with van der Waals surface area (Å²) >= 11 is 0. The monoisotopic (exact) mass is 930 g/mol. The molecule has 0 saturated heterocycles. The van der Waals surface area contributed by atoms with Gasteiger partial charge in [0.1, 0.15) is 0 Å². The van der Waals surface area contributed by atoms with Crippen LogP contribution in [0.5, 0.6) is 0 Å². The van der Waals surface area contributed by atoms with E-state index in [1.807, 2.05) is 33.0 Å². The highest BCUT2D eigenvalue weighted by Crippen LogP contribution is 2.65. The molecule has 10 aromatic rings. The van der Waals surface area contributed by atoms with E-state index >= 15 is 0 Å². The molecule has 0 saturated carbocycles. The molecular weight excluding hydrogens is 869 g/mol. The Morgan fingerprint density at radius 3 is 1.69 bits per heavy atom. The van der Waals surface area contributed by atoms with Gasteiger partial charge < -0.3 is 20.9 Å². The standard InChI is InChI=1S/C61H54N4S.C4H8/c1-63-59-36-32-48(49-33-37-61-58(41-49)56-24-14-15-25-60(56)65(61)51-17-6-3-7-18-51)40-57(59)55-23-13-12-16-47(55)38-39-64-43-50(42-62)46-28-26-44(27-29-46)45-30-34-54(35-31-45)66(2,52-19-8-4-9-20-52)53-21-10-5-11-22-53;1-3-4-2/h3-37,40-42,63-64H,38-39,43,62H2,1-2H3;3-4H,1-2H3/b50-42+;4-3-. The Morgan fingerprint density at radius 1 is 0.514 bits per heavy atom. The maximum atomic E-state index is 6.27. The molecule has 70 heavy (non-hydrogen) atoms. The molecule has 0 fully saturated rings. The Hall–Kier alpha value is -7.83. The van der Waals surface area contributed by atoms with Crippen molar-refractivity contribution < 1.29 is 0 Å². The summed E-state index contributed by atoms with van der Waals surface area (Å²) in [6.45, 7) is 5.48. The predicted molar refractivity (Wildman–Crippen MR) is 304 cm³/mol. The van der Waals surface area contributed by atoms with Crippen LogP contribution in [-0.4, -0.2) is 31.0 Å². The molecule has 0 aliphatic carbocycles. The molecule has 0 atom stereocenters. The van der Waals surface area contributed by atoms with E-state index in [9.17, 15) is 0 Å². The van der Waals surface area contributed by atoms with Gasteiger partial charge in [0.25, 0.3) is 0 Å². The van der Waals surface area contributed by atoms with Crippen molar-refractivity contribution in [3.63, 3.8) is 0 Å². The predicted octanol–water partition coefficient (Wildman–Crippen LogP) is 16.5. The molecule has 0 unspecified atom stereocenters. The van der Waals surface area contributed by atoms with Gasteiger partial charge in [-0.05, 0) is 177 Å². The molecule has 4 N–H and O–H groups in total. The normalized spacial score (nSPS) is 12.0. The van der Waals surface area contributed by atoms with Crippen molar-refractivity contribution in [1.82, 2.24) is 9.88 Å². The number of hydrogen-bond donors (Lipinski definition) is 3. The third kappa shape index (κ3) is 9.86. The molecular formula is C65H62N4S. The van der Waals surface area contributed by atoms with Gasteiger partial charge in [0.2, 0.25) is 0 Å². The third-order valence-corrected chi connectivity index (χ3v) is 17.0. The third-order valence-electron chi connectivity index (χ3n) is 13.4. The first-order chi connectivity index (χ1) is 34.4. The number of aromatic nitrogens is 1. The first-order valence-corrected chi connectivity index (χ1v) is 26.3. The van der Waals surface area contributed by atoms with Crippen LogP contribution in [0.3, 0.4) is 0 Å². The summed E-state index contributed by atoms with van der Waals surface area (Å²) < 4.78 is 2.37. The number of nitrogens with zero attached hydrogens (tertiary/aromatic N) is 1. The smallest absolute Gasteiger partial charge is 0.0541 e. The minimum absolute atomic E-state index is 0.674. The number of fused-ring (bicyclic) bond motifs is 3. The van der Waals surface area contributed by atoms with Crippen LogP contribution < -0.4 is 16.4 Å². The summed E-state index contributed by atoms with van der Waals surface area (Å²) in [5.41, 5.74) is 21.6. The summed E-state index contributed by atoms with van der Waals surface area (Å²) in [7, 11) is 0.599. The number of para-hydroxylation sites is 2. The maximum Gasteiger partial charge on any atom is 0.0541 e. The highest BCUT2D eigenvalue weighted by molar-refractivity contribution is 8.33. The number of allylic oxidation sites excluding steroid dienone is 2. The number of benzene rings is 9. The molecule has 0 aliphatic rings. The van der Waals surface area contributed by atoms with Crippen molar-refractivity contribution in [2.24, 2.45) is 5.73 Å². The minimum Gasteiger partial charge on any atom is -0.404 e. The van der Waals surface area contributed by atoms with Crippen LogP contribution in [0.2, 0.25) is 0 Å². The van der Waals surface area contributed by atoms with Crippen molar-refractivity contribution in [3.05, 3.63) is 254 Å². The zero-order chi connectivity index (χ0) is 48.3. The van der Waals surface area contributed by atoms with Crippen LogP contribution in [0.1, 0.15) is 25.0 Å². The highest BCUT2D eigenvalue weighted by Gasteiger charge is 2.25. The van der Waals surface area contributed by atoms with Crippen molar-refractivity contribution in [2.75, 3.05) is 31.7 Å². The molecule has 4 nitrogen and oxygen atoms in total. The van der Waals surface area contributed by atoms with Crippen LogP contribution in [0.4, 0.5) is 5.69 Å². The van der Waals surface area contributed by atoms with Gasteiger partial charge in [0, 0.05) is 41.3 Å². The Bertz CT molecular complexity index is 3330. The Balaban J connectivity index is 0.00000147. The van der Waals surface area contributed by atoms with E-state index < -0.39 is 10.0 Å². The largest absolute Gasteiger partial charge is 0.404 e. The maximum absolute atomic E-state index is 6.27. The summed E-state index contributed by atoms with van der Waals surface area (Å²) in [5.74, 6) is 0. The van der Waals surface area contributed by atoms with Gasteiger partial charge in [-0.3, -0.25) is 0 Å². The van der Waals surface area contributed by atoms with Crippen LogP contribution in [0.15, 0.2) is 257 Å². The molecule has 1 heterocycles. The van der Waals surface area contributed by atoms with Crippen molar-refractivity contribution in [1.29, 1.82) is 0 Å². The van der Waals surface area contributed by atoms with Gasteiger partial charge in [-0.15, -0.1) is 0 Å². The number of rotatable bonds is 14. The molecule has 1 aromatic heterocycles. The van der Waals surface area contributed by atoms with E-state index in [2.05, 4.69) is 246 Å². The molecule has 0 spiro atoms. The summed E-state index contributed by atoms with van der Waals surface area (Å²) in [6.07, 6.45) is 9.02.